The predicted molar refractivity (Wildman–Crippen MR) is 80.8 cm³/mol. The monoisotopic (exact) mass is 517 g/mol. The number of hydrogen-bond donors (Lipinski definition) is 2. The number of halogens is 10. The Morgan fingerprint density at radius 3 is 1.81 bits per heavy atom. The summed E-state index contributed by atoms with van der Waals surface area (Å²) >= 11 is 0. The van der Waals surface area contributed by atoms with Gasteiger partial charge in [0, 0.05) is 13.0 Å². The second kappa shape index (κ2) is 9.38. The maximum Gasteiger partial charge on any atom is 0.466 e. The molecule has 0 fully saturated rings. The van der Waals surface area contributed by atoms with Crippen LogP contribution < -0.4 is 5.32 Å². The van der Waals surface area contributed by atoms with Gasteiger partial charge in [0.25, 0.3) is 0 Å². The van der Waals surface area contributed by atoms with Gasteiger partial charge in [0.2, 0.25) is 0 Å². The lowest BCUT2D eigenvalue weighted by Crippen LogP contribution is -2.62. The summed E-state index contributed by atoms with van der Waals surface area (Å²) in [6.07, 6.45) is -14.6. The van der Waals surface area contributed by atoms with Gasteiger partial charge in [-0.3, -0.25) is 9.35 Å². The molecule has 1 unspecified atom stereocenters. The lowest BCUT2D eigenvalue weighted by molar-refractivity contribution is -0.350. The van der Waals surface area contributed by atoms with Crippen molar-refractivity contribution in [2.24, 2.45) is 0 Å². The number of carbonyl (C=O) groups excluding carboxylic acids is 2. The summed E-state index contributed by atoms with van der Waals surface area (Å²) in [6, 6.07) is 0. The predicted octanol–water partition coefficient (Wildman–Crippen LogP) is 2.57. The molecule has 0 aliphatic rings. The quantitative estimate of drug-likeness (QED) is 0.150. The molecule has 188 valence electrons. The Labute approximate surface area is 172 Å². The molecule has 0 saturated heterocycles. The maximum atomic E-state index is 13.5. The molecule has 1 atom stereocenters. The van der Waals surface area contributed by atoms with E-state index >= 15 is 0 Å². The van der Waals surface area contributed by atoms with Crippen molar-refractivity contribution < 1.29 is 75.9 Å². The minimum atomic E-state index is -6.79. The van der Waals surface area contributed by atoms with Crippen LogP contribution in [-0.2, 0) is 29.2 Å². The number of alkyl halides is 10. The summed E-state index contributed by atoms with van der Waals surface area (Å²) in [4.78, 5) is 23.2. The van der Waals surface area contributed by atoms with Gasteiger partial charge >= 0.3 is 51.3 Å². The number of esters is 1. The van der Waals surface area contributed by atoms with Gasteiger partial charge in [-0.25, -0.2) is 4.79 Å². The number of ether oxygens (including phenoxy) is 2. The second-order valence-corrected chi connectivity index (χ2v) is 7.10. The SMILES string of the molecule is C=C(C(=O)OC(OCCC(F)(F)C(F)(F)S(=O)(=O)O)(C(=O)NCC)C(F)(F)F)C(F)(F)F. The van der Waals surface area contributed by atoms with Crippen molar-refractivity contribution in [2.75, 3.05) is 13.2 Å². The van der Waals surface area contributed by atoms with Crippen LogP contribution in [0.3, 0.4) is 0 Å². The Kier molecular flexibility index (Phi) is 8.75. The van der Waals surface area contributed by atoms with Crippen LogP contribution in [0, 0.1) is 0 Å². The zero-order valence-electron chi connectivity index (χ0n) is 15.4. The van der Waals surface area contributed by atoms with Crippen LogP contribution in [0.4, 0.5) is 43.9 Å². The van der Waals surface area contributed by atoms with E-state index in [0.717, 1.165) is 6.92 Å². The fourth-order valence-electron chi connectivity index (χ4n) is 1.65. The molecule has 0 aromatic heterocycles. The van der Waals surface area contributed by atoms with Gasteiger partial charge in [0.05, 0.1) is 6.61 Å². The van der Waals surface area contributed by atoms with Crippen molar-refractivity contribution >= 4 is 22.0 Å². The summed E-state index contributed by atoms with van der Waals surface area (Å²) in [5, 5.41) is -4.90. The smallest absolute Gasteiger partial charge is 0.412 e. The number of rotatable bonds is 10. The fourth-order valence-corrected chi connectivity index (χ4v) is 2.13. The molecule has 0 aromatic rings. The topological polar surface area (TPSA) is 119 Å². The number of hydrogen-bond acceptors (Lipinski definition) is 6. The normalized spacial score (nSPS) is 15.6. The van der Waals surface area contributed by atoms with E-state index in [1.54, 1.807) is 0 Å². The van der Waals surface area contributed by atoms with E-state index in [1.807, 2.05) is 0 Å². The zero-order valence-corrected chi connectivity index (χ0v) is 16.2. The van der Waals surface area contributed by atoms with Crippen LogP contribution in [0.1, 0.15) is 13.3 Å². The molecule has 19 heteroatoms. The second-order valence-electron chi connectivity index (χ2n) is 5.63. The van der Waals surface area contributed by atoms with E-state index in [4.69, 9.17) is 4.55 Å². The van der Waals surface area contributed by atoms with E-state index < -0.39 is 76.5 Å². The van der Waals surface area contributed by atoms with Crippen molar-refractivity contribution in [3.05, 3.63) is 12.2 Å². The van der Waals surface area contributed by atoms with Crippen molar-refractivity contribution in [2.45, 2.75) is 42.7 Å². The number of amides is 1. The minimum absolute atomic E-state index is 0.700. The van der Waals surface area contributed by atoms with E-state index in [0.29, 0.717) is 0 Å². The Morgan fingerprint density at radius 2 is 1.47 bits per heavy atom. The van der Waals surface area contributed by atoms with Crippen molar-refractivity contribution in [3.8, 4) is 0 Å². The van der Waals surface area contributed by atoms with Crippen LogP contribution >= 0.6 is 0 Å². The Morgan fingerprint density at radius 1 is 1.00 bits per heavy atom. The third-order valence-electron chi connectivity index (χ3n) is 3.31. The Hall–Kier alpha value is -2.15. The largest absolute Gasteiger partial charge is 0.466 e. The maximum absolute atomic E-state index is 13.5. The number of likely N-dealkylation sites (N-methyl/N-ethyl adjacent to an activating group) is 1. The zero-order chi connectivity index (χ0) is 26.0. The molecule has 0 heterocycles. The van der Waals surface area contributed by atoms with Crippen molar-refractivity contribution in [1.82, 2.24) is 5.32 Å². The lowest BCUT2D eigenvalue weighted by Gasteiger charge is -2.34. The highest BCUT2D eigenvalue weighted by atomic mass is 32.2. The molecule has 0 aliphatic carbocycles. The van der Waals surface area contributed by atoms with Gasteiger partial charge in [-0.05, 0) is 6.92 Å². The standard InChI is InChI=1S/C13H13F10NO7S/c1-3-24-8(26)10(12(19,20)21,31-7(25)6(2)11(16,17)18)30-5-4-9(14,15)13(22,23)32(27,28)29/h2-5H2,1H3,(H,24,26)(H,27,28,29). The minimum Gasteiger partial charge on any atom is -0.412 e. The molecule has 2 N–H and O–H groups in total. The molecule has 8 nitrogen and oxygen atoms in total. The van der Waals surface area contributed by atoms with Gasteiger partial charge in [-0.15, -0.1) is 0 Å². The average Bonchev–Trinajstić information content (AvgIpc) is 2.56. The highest BCUT2D eigenvalue weighted by molar-refractivity contribution is 7.87. The Bertz CT molecular complexity index is 837. The van der Waals surface area contributed by atoms with Gasteiger partial charge in [-0.2, -0.15) is 52.3 Å². The molecule has 0 aliphatic heterocycles. The first-order valence-corrected chi connectivity index (χ1v) is 9.13. The molecule has 0 aromatic carbocycles. The van der Waals surface area contributed by atoms with E-state index in [9.17, 15) is 61.9 Å². The van der Waals surface area contributed by atoms with Gasteiger partial charge < -0.3 is 14.8 Å². The van der Waals surface area contributed by atoms with Gasteiger partial charge in [0.1, 0.15) is 5.57 Å². The summed E-state index contributed by atoms with van der Waals surface area (Å²) in [6.45, 7) is 0.0446. The highest BCUT2D eigenvalue weighted by Gasteiger charge is 2.68. The highest BCUT2D eigenvalue weighted by Crippen LogP contribution is 2.42. The van der Waals surface area contributed by atoms with E-state index in [-0.39, 0.29) is 0 Å². The molecule has 1 amide bonds. The molecule has 0 bridgehead atoms. The third-order valence-corrected chi connectivity index (χ3v) is 4.25. The van der Waals surface area contributed by atoms with Crippen molar-refractivity contribution in [1.29, 1.82) is 0 Å². The molecule has 0 radical (unpaired) electrons. The van der Waals surface area contributed by atoms with Crippen molar-refractivity contribution in [3.63, 3.8) is 0 Å². The molecular weight excluding hydrogens is 504 g/mol. The van der Waals surface area contributed by atoms with Gasteiger partial charge in [-0.1, -0.05) is 6.58 Å². The first-order valence-electron chi connectivity index (χ1n) is 7.69. The van der Waals surface area contributed by atoms with Crippen LogP contribution in [0.2, 0.25) is 0 Å². The average molecular weight is 517 g/mol. The van der Waals surface area contributed by atoms with Crippen LogP contribution in [0.5, 0.6) is 0 Å². The summed E-state index contributed by atoms with van der Waals surface area (Å²) < 4.78 is 167. The van der Waals surface area contributed by atoms with Crippen LogP contribution in [-0.4, -0.2) is 67.3 Å². The summed E-state index contributed by atoms with van der Waals surface area (Å²) in [7, 11) is -6.79. The summed E-state index contributed by atoms with van der Waals surface area (Å²) in [5.74, 6) is -16.3. The van der Waals surface area contributed by atoms with E-state index in [1.165, 1.54) is 5.32 Å². The molecule has 0 spiro atoms. The Balaban J connectivity index is 6.14. The summed E-state index contributed by atoms with van der Waals surface area (Å²) in [5.41, 5.74) is -2.58. The molecule has 32 heavy (non-hydrogen) atoms. The van der Waals surface area contributed by atoms with Crippen LogP contribution in [0.15, 0.2) is 12.2 Å². The first kappa shape index (κ1) is 29.9. The number of nitrogens with one attached hydrogen (secondary N) is 1. The van der Waals surface area contributed by atoms with Gasteiger partial charge in [0.15, 0.2) is 0 Å². The number of carbonyl (C=O) groups is 2. The molecule has 0 saturated carbocycles. The van der Waals surface area contributed by atoms with E-state index in [2.05, 4.69) is 16.1 Å². The third kappa shape index (κ3) is 6.21. The lowest BCUT2D eigenvalue weighted by atomic mass is 10.2. The first-order chi connectivity index (χ1) is 14.0. The molecular formula is C13H13F10NO7S. The van der Waals surface area contributed by atoms with Crippen LogP contribution in [0.25, 0.3) is 0 Å². The molecule has 0 rings (SSSR count). The fraction of sp³-hybridized carbons (Fsp3) is 0.692.